The highest BCUT2D eigenvalue weighted by Crippen LogP contribution is 2.35. The molecule has 8 atom stereocenters. The molecule has 4 aliphatic heterocycles. The van der Waals surface area contributed by atoms with Gasteiger partial charge in [0.25, 0.3) is 10.2 Å². The molecule has 0 N–H and O–H groups in total. The molecule has 164 valence electrons. The second-order valence-corrected chi connectivity index (χ2v) is 8.72. The first-order valence-corrected chi connectivity index (χ1v) is 10.1. The first-order chi connectivity index (χ1) is 13.8. The van der Waals surface area contributed by atoms with Crippen molar-refractivity contribution in [2.45, 2.75) is 54.0 Å². The SMILES string of the molecule is CC(=O)S[C@H]1CO[C@H]2[C@@H]1OC[C@H]2O[N+](=O)[O-].O=[N+]([O-])O[C@@H]1CO[C@H]2[C@@H]1OC[C@@H]2S. The average Bonchev–Trinajstić information content (AvgIpc) is 3.36. The molecule has 0 aromatic rings. The van der Waals surface area contributed by atoms with E-state index in [9.17, 15) is 25.0 Å². The Morgan fingerprint density at radius 3 is 1.93 bits per heavy atom. The minimum Gasteiger partial charge on any atom is -0.372 e. The number of hydrogen-bond acceptors (Lipinski definition) is 13. The monoisotopic (exact) mass is 456 g/mol. The number of carbonyl (C=O) groups excluding carboxylic acids is 1. The van der Waals surface area contributed by atoms with Crippen LogP contribution in [0.2, 0.25) is 0 Å². The fraction of sp³-hybridized carbons (Fsp3) is 0.929. The molecule has 0 spiro atoms. The lowest BCUT2D eigenvalue weighted by molar-refractivity contribution is -0.769. The molecular weight excluding hydrogens is 436 g/mol. The Balaban J connectivity index is 0.000000169. The molecule has 4 aliphatic rings. The number of carbonyl (C=O) groups is 1. The third-order valence-electron chi connectivity index (χ3n) is 4.70. The van der Waals surface area contributed by atoms with Crippen LogP contribution in [-0.2, 0) is 33.4 Å². The van der Waals surface area contributed by atoms with Gasteiger partial charge in [-0.3, -0.25) is 4.79 Å². The average molecular weight is 456 g/mol. The molecule has 4 saturated heterocycles. The van der Waals surface area contributed by atoms with Gasteiger partial charge in [-0.1, -0.05) is 11.8 Å². The molecule has 15 heteroatoms. The predicted molar refractivity (Wildman–Crippen MR) is 97.5 cm³/mol. The summed E-state index contributed by atoms with van der Waals surface area (Å²) in [5.74, 6) is 0. The van der Waals surface area contributed by atoms with Crippen molar-refractivity contribution in [2.75, 3.05) is 26.4 Å². The van der Waals surface area contributed by atoms with Crippen LogP contribution in [0.4, 0.5) is 0 Å². The summed E-state index contributed by atoms with van der Waals surface area (Å²) in [7, 11) is 0. The zero-order valence-electron chi connectivity index (χ0n) is 15.2. The molecule has 4 fully saturated rings. The van der Waals surface area contributed by atoms with Gasteiger partial charge in [-0.2, -0.15) is 12.6 Å². The summed E-state index contributed by atoms with van der Waals surface area (Å²) in [6, 6.07) is 0. The van der Waals surface area contributed by atoms with Crippen molar-refractivity contribution < 1.29 is 43.6 Å². The fourth-order valence-electron chi connectivity index (χ4n) is 3.59. The quantitative estimate of drug-likeness (QED) is 0.326. The van der Waals surface area contributed by atoms with Gasteiger partial charge in [0.05, 0.1) is 43.0 Å². The minimum absolute atomic E-state index is 0.00893. The molecule has 0 bridgehead atoms. The number of nitrogens with zero attached hydrogens (tertiary/aromatic N) is 2. The van der Waals surface area contributed by atoms with Crippen molar-refractivity contribution in [1.29, 1.82) is 0 Å². The van der Waals surface area contributed by atoms with Gasteiger partial charge in [-0.05, 0) is 0 Å². The van der Waals surface area contributed by atoms with E-state index in [0.29, 0.717) is 13.2 Å². The number of rotatable bonds is 5. The fourth-order valence-corrected chi connectivity index (χ4v) is 4.87. The maximum absolute atomic E-state index is 11.0. The zero-order valence-corrected chi connectivity index (χ0v) is 16.9. The lowest BCUT2D eigenvalue weighted by Gasteiger charge is -2.14. The van der Waals surface area contributed by atoms with Crippen molar-refractivity contribution in [3.63, 3.8) is 0 Å². The predicted octanol–water partition coefficient (Wildman–Crippen LogP) is -0.331. The molecule has 29 heavy (non-hydrogen) atoms. The van der Waals surface area contributed by atoms with E-state index in [1.165, 1.54) is 6.92 Å². The van der Waals surface area contributed by atoms with Gasteiger partial charge in [0, 0.05) is 6.92 Å². The van der Waals surface area contributed by atoms with Gasteiger partial charge in [0.1, 0.15) is 18.3 Å². The number of thiol groups is 1. The molecular formula is C14H20N2O11S2. The Morgan fingerprint density at radius 2 is 1.38 bits per heavy atom. The molecule has 4 rings (SSSR count). The zero-order chi connectivity index (χ0) is 21.1. The van der Waals surface area contributed by atoms with Crippen molar-refractivity contribution in [3.05, 3.63) is 20.2 Å². The van der Waals surface area contributed by atoms with Gasteiger partial charge in [0.15, 0.2) is 17.3 Å². The Kier molecular flexibility index (Phi) is 7.39. The summed E-state index contributed by atoms with van der Waals surface area (Å²) < 4.78 is 21.3. The highest BCUT2D eigenvalue weighted by Gasteiger charge is 2.50. The summed E-state index contributed by atoms with van der Waals surface area (Å²) >= 11 is 5.37. The molecule has 0 saturated carbocycles. The van der Waals surface area contributed by atoms with E-state index >= 15 is 0 Å². The van der Waals surface area contributed by atoms with Crippen LogP contribution in [0.3, 0.4) is 0 Å². The lowest BCUT2D eigenvalue weighted by Crippen LogP contribution is -2.33. The molecule has 0 amide bonds. The summed E-state index contributed by atoms with van der Waals surface area (Å²) in [6.45, 7) is 2.61. The molecule has 4 heterocycles. The van der Waals surface area contributed by atoms with Crippen molar-refractivity contribution >= 4 is 29.5 Å². The topological polar surface area (TPSA) is 159 Å². The van der Waals surface area contributed by atoms with Crippen molar-refractivity contribution in [2.24, 2.45) is 0 Å². The first-order valence-electron chi connectivity index (χ1n) is 8.70. The van der Waals surface area contributed by atoms with E-state index in [1.807, 2.05) is 0 Å². The summed E-state index contributed by atoms with van der Waals surface area (Å²) in [4.78, 5) is 40.1. The Labute approximate surface area is 174 Å². The molecule has 0 aromatic carbocycles. The maximum Gasteiger partial charge on any atom is 0.294 e. The van der Waals surface area contributed by atoms with Gasteiger partial charge >= 0.3 is 0 Å². The number of thioether (sulfide) groups is 1. The third kappa shape index (κ3) is 5.40. The van der Waals surface area contributed by atoms with Crippen LogP contribution < -0.4 is 0 Å². The van der Waals surface area contributed by atoms with Crippen molar-refractivity contribution in [1.82, 2.24) is 0 Å². The van der Waals surface area contributed by atoms with Gasteiger partial charge in [-0.15, -0.1) is 20.2 Å². The Morgan fingerprint density at radius 1 is 0.897 bits per heavy atom. The number of hydrogen-bond donors (Lipinski definition) is 1. The minimum atomic E-state index is -0.842. The smallest absolute Gasteiger partial charge is 0.294 e. The van der Waals surface area contributed by atoms with E-state index in [2.05, 4.69) is 22.3 Å². The van der Waals surface area contributed by atoms with Crippen LogP contribution in [0, 0.1) is 20.2 Å². The highest BCUT2D eigenvalue weighted by atomic mass is 32.2. The Hall–Kier alpha value is -1.39. The third-order valence-corrected chi connectivity index (χ3v) is 6.19. The molecule has 13 nitrogen and oxygen atoms in total. The van der Waals surface area contributed by atoms with Crippen molar-refractivity contribution in [3.8, 4) is 0 Å². The number of ether oxygens (including phenoxy) is 4. The summed E-state index contributed by atoms with van der Waals surface area (Å²) in [6.07, 6.45) is -2.53. The largest absolute Gasteiger partial charge is 0.372 e. The lowest BCUT2D eigenvalue weighted by atomic mass is 10.1. The number of fused-ring (bicyclic) bond motifs is 2. The second-order valence-electron chi connectivity index (χ2n) is 6.64. The normalized spacial score (nSPS) is 39.8. The van der Waals surface area contributed by atoms with Crippen LogP contribution in [-0.4, -0.2) is 88.8 Å². The van der Waals surface area contributed by atoms with E-state index in [4.69, 9.17) is 18.9 Å². The van der Waals surface area contributed by atoms with Crippen LogP contribution >= 0.6 is 24.4 Å². The van der Waals surface area contributed by atoms with Gasteiger partial charge in [-0.25, -0.2) is 0 Å². The van der Waals surface area contributed by atoms with Crippen LogP contribution in [0.25, 0.3) is 0 Å². The molecule has 0 aliphatic carbocycles. The summed E-state index contributed by atoms with van der Waals surface area (Å²) in [5.41, 5.74) is 0. The van der Waals surface area contributed by atoms with E-state index in [1.54, 1.807) is 0 Å². The van der Waals surface area contributed by atoms with Gasteiger partial charge in [0.2, 0.25) is 0 Å². The molecule has 0 radical (unpaired) electrons. The van der Waals surface area contributed by atoms with E-state index < -0.39 is 28.5 Å². The van der Waals surface area contributed by atoms with Crippen LogP contribution in [0.1, 0.15) is 6.92 Å². The molecule has 0 aromatic heterocycles. The Bertz CT molecular complexity index is 611. The van der Waals surface area contributed by atoms with Crippen LogP contribution in [0.15, 0.2) is 0 Å². The standard InChI is InChI=1S/C8H11NO6S.C6H9NO5S/c1-4(10)16-6-3-14-7-5(15-9(11)12)2-13-8(6)7;8-7(9)12-3-1-10-6-4(13)2-11-5(3)6/h5-8H,2-3H2,1H3;3-6,13H,1-2H2/t5-,6+,7-,8-;3-,4+,5-,6-/m11/s1. The van der Waals surface area contributed by atoms with Gasteiger partial charge < -0.3 is 28.6 Å². The molecule has 0 unspecified atom stereocenters. The second kappa shape index (κ2) is 9.61. The maximum atomic E-state index is 11.0. The first kappa shape index (κ1) is 22.3. The van der Waals surface area contributed by atoms with E-state index in [-0.39, 0.29) is 47.1 Å². The van der Waals surface area contributed by atoms with Crippen LogP contribution in [0.5, 0.6) is 0 Å². The van der Waals surface area contributed by atoms with E-state index in [0.717, 1.165) is 11.8 Å². The summed E-state index contributed by atoms with van der Waals surface area (Å²) in [5, 5.41) is 18.5. The highest BCUT2D eigenvalue weighted by molar-refractivity contribution is 8.14.